The third-order valence-electron chi connectivity index (χ3n) is 2.41. The molecular weight excluding hydrogens is 283 g/mol. The average molecular weight is 295 g/mol. The lowest BCUT2D eigenvalue weighted by Gasteiger charge is -2.15. The Labute approximate surface area is 108 Å². The lowest BCUT2D eigenvalue weighted by atomic mass is 10.1. The van der Waals surface area contributed by atoms with Crippen LogP contribution in [0.4, 0.5) is 13.2 Å². The van der Waals surface area contributed by atoms with Crippen molar-refractivity contribution < 1.29 is 26.4 Å². The summed E-state index contributed by atoms with van der Waals surface area (Å²) in [6.45, 7) is 1.37. The fourth-order valence-electron chi connectivity index (χ4n) is 1.37. The van der Waals surface area contributed by atoms with Crippen LogP contribution in [-0.2, 0) is 14.6 Å². The van der Waals surface area contributed by atoms with Crippen molar-refractivity contribution in [2.24, 2.45) is 0 Å². The van der Waals surface area contributed by atoms with Gasteiger partial charge in [0.25, 0.3) is 0 Å². The van der Waals surface area contributed by atoms with Gasteiger partial charge in [-0.1, -0.05) is 12.1 Å². The van der Waals surface area contributed by atoms with Crippen LogP contribution in [0.2, 0.25) is 0 Å². The van der Waals surface area contributed by atoms with E-state index in [4.69, 9.17) is 0 Å². The van der Waals surface area contributed by atoms with Gasteiger partial charge in [-0.2, -0.15) is 13.2 Å². The van der Waals surface area contributed by atoms with Crippen molar-refractivity contribution >= 4 is 15.7 Å². The van der Waals surface area contributed by atoms with Gasteiger partial charge in [-0.25, -0.2) is 8.42 Å². The molecule has 1 N–H and O–H groups in total. The minimum atomic E-state index is -4.94. The van der Waals surface area contributed by atoms with Gasteiger partial charge in [0, 0.05) is 6.26 Å². The van der Waals surface area contributed by atoms with Gasteiger partial charge in [0.2, 0.25) is 0 Å². The summed E-state index contributed by atoms with van der Waals surface area (Å²) < 4.78 is 58.6. The molecule has 4 nitrogen and oxygen atoms in total. The summed E-state index contributed by atoms with van der Waals surface area (Å²) in [7, 11) is -3.36. The molecule has 19 heavy (non-hydrogen) atoms. The number of rotatable bonds is 3. The van der Waals surface area contributed by atoms with Gasteiger partial charge < -0.3 is 5.32 Å². The first-order valence-corrected chi connectivity index (χ1v) is 7.08. The second kappa shape index (κ2) is 5.20. The van der Waals surface area contributed by atoms with Gasteiger partial charge in [-0.15, -0.1) is 0 Å². The number of sulfone groups is 1. The zero-order valence-corrected chi connectivity index (χ0v) is 11.0. The number of hydrogen-bond donors (Lipinski definition) is 1. The maximum atomic E-state index is 12.1. The lowest BCUT2D eigenvalue weighted by Crippen LogP contribution is -2.38. The first-order valence-electron chi connectivity index (χ1n) is 5.19. The van der Waals surface area contributed by atoms with Crippen LogP contribution in [0.5, 0.6) is 0 Å². The largest absolute Gasteiger partial charge is 0.471 e. The second-order valence-corrected chi connectivity index (χ2v) is 6.05. The summed E-state index contributed by atoms with van der Waals surface area (Å²) in [4.78, 5) is 10.8. The molecule has 0 aliphatic heterocycles. The topological polar surface area (TPSA) is 63.2 Å². The maximum absolute atomic E-state index is 12.1. The van der Waals surface area contributed by atoms with E-state index < -0.39 is 28.0 Å². The van der Waals surface area contributed by atoms with Crippen LogP contribution in [-0.4, -0.2) is 26.8 Å². The third-order valence-corrected chi connectivity index (χ3v) is 3.54. The zero-order valence-electron chi connectivity index (χ0n) is 10.2. The molecule has 0 bridgehead atoms. The Hall–Kier alpha value is -1.57. The maximum Gasteiger partial charge on any atom is 0.471 e. The Morgan fingerprint density at radius 1 is 1.21 bits per heavy atom. The van der Waals surface area contributed by atoms with E-state index in [0.717, 1.165) is 6.26 Å². The van der Waals surface area contributed by atoms with Crippen molar-refractivity contribution in [3.8, 4) is 0 Å². The highest BCUT2D eigenvalue weighted by Gasteiger charge is 2.39. The molecule has 0 fully saturated rings. The highest BCUT2D eigenvalue weighted by Crippen LogP contribution is 2.19. The molecule has 0 saturated carbocycles. The highest BCUT2D eigenvalue weighted by molar-refractivity contribution is 7.90. The quantitative estimate of drug-likeness (QED) is 0.925. The van der Waals surface area contributed by atoms with Gasteiger partial charge in [-0.3, -0.25) is 4.79 Å². The summed E-state index contributed by atoms with van der Waals surface area (Å²) in [5.74, 6) is -2.04. The van der Waals surface area contributed by atoms with Crippen molar-refractivity contribution in [3.63, 3.8) is 0 Å². The van der Waals surface area contributed by atoms with E-state index in [1.165, 1.54) is 31.2 Å². The minimum Gasteiger partial charge on any atom is -0.342 e. The summed E-state index contributed by atoms with van der Waals surface area (Å²) in [6.07, 6.45) is -3.92. The second-order valence-electron chi connectivity index (χ2n) is 4.03. The number of benzene rings is 1. The molecule has 0 aromatic heterocycles. The molecule has 0 heterocycles. The molecule has 1 aromatic carbocycles. The minimum absolute atomic E-state index is 0.0607. The third kappa shape index (κ3) is 4.23. The van der Waals surface area contributed by atoms with Gasteiger partial charge in [0.15, 0.2) is 9.84 Å². The number of nitrogens with one attached hydrogen (secondary N) is 1. The van der Waals surface area contributed by atoms with E-state index in [0.29, 0.717) is 5.56 Å². The van der Waals surface area contributed by atoms with Crippen LogP contribution in [0.1, 0.15) is 18.5 Å². The van der Waals surface area contributed by atoms with Gasteiger partial charge in [-0.05, 0) is 24.6 Å². The van der Waals surface area contributed by atoms with Crippen LogP contribution in [0.25, 0.3) is 0 Å². The number of carbonyl (C=O) groups excluding carboxylic acids is 1. The number of halogens is 3. The van der Waals surface area contributed by atoms with Crippen LogP contribution in [0.15, 0.2) is 29.2 Å². The predicted octanol–water partition coefficient (Wildman–Crippen LogP) is 1.83. The number of carbonyl (C=O) groups is 1. The van der Waals surface area contributed by atoms with Gasteiger partial charge >= 0.3 is 12.1 Å². The summed E-state index contributed by atoms with van der Waals surface area (Å²) in [5, 5.41) is 1.78. The fourth-order valence-corrected chi connectivity index (χ4v) is 2.00. The average Bonchev–Trinajstić information content (AvgIpc) is 2.26. The van der Waals surface area contributed by atoms with E-state index in [1.54, 1.807) is 5.32 Å². The number of amides is 1. The van der Waals surface area contributed by atoms with Crippen LogP contribution in [0, 0.1) is 0 Å². The number of hydrogen-bond acceptors (Lipinski definition) is 3. The molecule has 1 unspecified atom stereocenters. The monoisotopic (exact) mass is 295 g/mol. The highest BCUT2D eigenvalue weighted by atomic mass is 32.2. The van der Waals surface area contributed by atoms with E-state index in [2.05, 4.69) is 0 Å². The van der Waals surface area contributed by atoms with Crippen molar-refractivity contribution in [3.05, 3.63) is 29.8 Å². The summed E-state index contributed by atoms with van der Waals surface area (Å²) >= 11 is 0. The molecule has 1 amide bonds. The normalized spacial score (nSPS) is 13.9. The molecule has 0 aliphatic carbocycles. The van der Waals surface area contributed by atoms with Crippen molar-refractivity contribution in [1.82, 2.24) is 5.32 Å². The molecule has 0 spiro atoms. The SMILES string of the molecule is CC(NC(=O)C(F)(F)F)c1ccc(S(C)(=O)=O)cc1. The van der Waals surface area contributed by atoms with Crippen LogP contribution in [0.3, 0.4) is 0 Å². The fraction of sp³-hybridized carbons (Fsp3) is 0.364. The van der Waals surface area contributed by atoms with Crippen molar-refractivity contribution in [2.75, 3.05) is 6.26 Å². The molecule has 8 heteroatoms. The lowest BCUT2D eigenvalue weighted by molar-refractivity contribution is -0.174. The standard InChI is InChI=1S/C11H12F3NO3S/c1-7(15-10(16)11(12,13)14)8-3-5-9(6-4-8)19(2,17)18/h3-7H,1-2H3,(H,15,16). The van der Waals surface area contributed by atoms with Crippen molar-refractivity contribution in [2.45, 2.75) is 24.0 Å². The Kier molecular flexibility index (Phi) is 4.24. The Morgan fingerprint density at radius 2 is 1.68 bits per heavy atom. The molecule has 106 valence electrons. The Bertz CT molecular complexity index is 564. The smallest absolute Gasteiger partial charge is 0.342 e. The summed E-state index contributed by atoms with van der Waals surface area (Å²) in [5.41, 5.74) is 0.380. The van der Waals surface area contributed by atoms with Gasteiger partial charge in [0.1, 0.15) is 0 Å². The van der Waals surface area contributed by atoms with E-state index >= 15 is 0 Å². The molecule has 0 aliphatic rings. The molecule has 1 aromatic rings. The van der Waals surface area contributed by atoms with E-state index in [1.807, 2.05) is 0 Å². The molecule has 1 atom stereocenters. The predicted molar refractivity (Wildman–Crippen MR) is 62.2 cm³/mol. The van der Waals surface area contributed by atoms with Gasteiger partial charge in [0.05, 0.1) is 10.9 Å². The Balaban J connectivity index is 2.85. The van der Waals surface area contributed by atoms with Crippen LogP contribution < -0.4 is 5.32 Å². The number of alkyl halides is 3. The van der Waals surface area contributed by atoms with Crippen LogP contribution >= 0.6 is 0 Å². The molecule has 1 rings (SSSR count). The molecule has 0 saturated heterocycles. The first kappa shape index (κ1) is 15.5. The zero-order chi connectivity index (χ0) is 14.8. The van der Waals surface area contributed by atoms with E-state index in [9.17, 15) is 26.4 Å². The van der Waals surface area contributed by atoms with Crippen molar-refractivity contribution in [1.29, 1.82) is 0 Å². The van der Waals surface area contributed by atoms with E-state index in [-0.39, 0.29) is 4.90 Å². The molecular formula is C11H12F3NO3S. The Morgan fingerprint density at radius 3 is 2.05 bits per heavy atom. The molecule has 0 radical (unpaired) electrons. The first-order chi connectivity index (χ1) is 8.51. The summed E-state index contributed by atoms with van der Waals surface area (Å²) in [6, 6.07) is 4.40.